The van der Waals surface area contributed by atoms with Crippen LogP contribution in [0.2, 0.25) is 5.02 Å². The van der Waals surface area contributed by atoms with Gasteiger partial charge in [0, 0.05) is 0 Å². The number of hydrogen-bond donors (Lipinski definition) is 0. The lowest BCUT2D eigenvalue weighted by Crippen LogP contribution is -2.53. The Hall–Kier alpha value is -1.85. The fraction of sp³-hybridized carbons (Fsp3) is 0.444. The maximum Gasteiger partial charge on any atom is 0.229 e. The highest BCUT2D eigenvalue weighted by Crippen LogP contribution is 2.28. The minimum atomic E-state index is 0.0420. The lowest BCUT2D eigenvalue weighted by Gasteiger charge is -2.38. The largest absolute Gasteiger partial charge is 0.441 e. The zero-order chi connectivity index (χ0) is 17.3. The van der Waals surface area contributed by atoms with Crippen LogP contribution < -0.4 is 0 Å². The van der Waals surface area contributed by atoms with E-state index in [1.165, 1.54) is 0 Å². The van der Waals surface area contributed by atoms with Crippen molar-refractivity contribution in [3.05, 3.63) is 40.7 Å². The third kappa shape index (κ3) is 3.32. The van der Waals surface area contributed by atoms with Crippen LogP contribution in [0.5, 0.6) is 0 Å². The van der Waals surface area contributed by atoms with Gasteiger partial charge in [-0.2, -0.15) is 0 Å². The summed E-state index contributed by atoms with van der Waals surface area (Å²) in [5, 5.41) is 0.576. The highest BCUT2D eigenvalue weighted by atomic mass is 35.5. The molecule has 0 bridgehead atoms. The first kappa shape index (κ1) is 17.0. The Bertz CT molecular complexity index is 734. The maximum atomic E-state index is 12.7. The molecule has 2 aromatic rings. The van der Waals surface area contributed by atoms with Crippen molar-refractivity contribution < 1.29 is 13.9 Å². The first-order valence-electron chi connectivity index (χ1n) is 8.07. The first-order valence-corrected chi connectivity index (χ1v) is 8.45. The zero-order valence-electron chi connectivity index (χ0n) is 14.1. The molecule has 1 fully saturated rings. The summed E-state index contributed by atoms with van der Waals surface area (Å²) in [6.07, 6.45) is 0.217. The Morgan fingerprint density at radius 1 is 1.29 bits per heavy atom. The molecule has 0 saturated carbocycles. The van der Waals surface area contributed by atoms with E-state index >= 15 is 0 Å². The number of oxazole rings is 1. The number of aromatic nitrogens is 1. The molecule has 1 aliphatic heterocycles. The van der Waals surface area contributed by atoms with Crippen molar-refractivity contribution in [2.75, 3.05) is 13.2 Å². The van der Waals surface area contributed by atoms with Gasteiger partial charge in [-0.05, 0) is 32.9 Å². The molecule has 0 aliphatic carbocycles. The van der Waals surface area contributed by atoms with Gasteiger partial charge >= 0.3 is 0 Å². The molecule has 1 amide bonds. The summed E-state index contributed by atoms with van der Waals surface area (Å²) in [5.41, 5.74) is 1.38. The van der Waals surface area contributed by atoms with Crippen LogP contribution in [0.1, 0.15) is 25.3 Å². The number of carbonyl (C=O) groups excluding carboxylic acids is 1. The van der Waals surface area contributed by atoms with Crippen LogP contribution in [-0.2, 0) is 16.0 Å². The molecule has 24 heavy (non-hydrogen) atoms. The Morgan fingerprint density at radius 2 is 1.96 bits per heavy atom. The first-order chi connectivity index (χ1) is 11.5. The molecule has 2 atom stereocenters. The van der Waals surface area contributed by atoms with Crippen molar-refractivity contribution in [3.63, 3.8) is 0 Å². The maximum absolute atomic E-state index is 12.7. The van der Waals surface area contributed by atoms with Crippen LogP contribution in [-0.4, -0.2) is 41.1 Å². The van der Waals surface area contributed by atoms with E-state index < -0.39 is 0 Å². The molecule has 2 heterocycles. The molecule has 5 nitrogen and oxygen atoms in total. The summed E-state index contributed by atoms with van der Waals surface area (Å²) in [5.74, 6) is 1.14. The fourth-order valence-electron chi connectivity index (χ4n) is 3.07. The number of benzene rings is 1. The lowest BCUT2D eigenvalue weighted by molar-refractivity contribution is -0.143. The number of carbonyl (C=O) groups is 1. The van der Waals surface area contributed by atoms with E-state index in [0.29, 0.717) is 35.6 Å². The van der Waals surface area contributed by atoms with Gasteiger partial charge in [0.2, 0.25) is 11.8 Å². The Labute approximate surface area is 146 Å². The van der Waals surface area contributed by atoms with E-state index in [-0.39, 0.29) is 24.4 Å². The molecular weight excluding hydrogens is 328 g/mol. The van der Waals surface area contributed by atoms with Gasteiger partial charge in [-0.3, -0.25) is 4.79 Å². The molecule has 1 aromatic heterocycles. The van der Waals surface area contributed by atoms with Crippen LogP contribution in [0.25, 0.3) is 11.5 Å². The van der Waals surface area contributed by atoms with Crippen molar-refractivity contribution in [1.29, 1.82) is 0 Å². The molecule has 0 spiro atoms. The van der Waals surface area contributed by atoms with E-state index in [1.807, 2.05) is 43.9 Å². The van der Waals surface area contributed by atoms with Gasteiger partial charge in [0.1, 0.15) is 5.76 Å². The van der Waals surface area contributed by atoms with Crippen molar-refractivity contribution in [1.82, 2.24) is 9.88 Å². The second-order valence-electron chi connectivity index (χ2n) is 6.22. The number of halogens is 1. The van der Waals surface area contributed by atoms with E-state index in [1.54, 1.807) is 6.07 Å². The molecule has 1 aliphatic rings. The molecule has 1 aromatic carbocycles. The Morgan fingerprint density at radius 3 is 2.62 bits per heavy atom. The van der Waals surface area contributed by atoms with E-state index in [4.69, 9.17) is 20.8 Å². The van der Waals surface area contributed by atoms with Crippen molar-refractivity contribution in [3.8, 4) is 11.5 Å². The minimum absolute atomic E-state index is 0.0420. The summed E-state index contributed by atoms with van der Waals surface area (Å²) < 4.78 is 11.2. The predicted octanol–water partition coefficient (Wildman–Crippen LogP) is 3.48. The van der Waals surface area contributed by atoms with Gasteiger partial charge in [-0.1, -0.05) is 23.7 Å². The monoisotopic (exact) mass is 348 g/mol. The second kappa shape index (κ2) is 6.95. The van der Waals surface area contributed by atoms with Gasteiger partial charge in [0.15, 0.2) is 0 Å². The van der Waals surface area contributed by atoms with E-state index in [2.05, 4.69) is 4.98 Å². The summed E-state index contributed by atoms with van der Waals surface area (Å²) in [6, 6.07) is 7.51. The Kier molecular flexibility index (Phi) is 4.92. The van der Waals surface area contributed by atoms with Crippen LogP contribution in [0.3, 0.4) is 0 Å². The average Bonchev–Trinajstić information content (AvgIpc) is 2.88. The third-order valence-electron chi connectivity index (χ3n) is 4.27. The average molecular weight is 349 g/mol. The molecule has 128 valence electrons. The van der Waals surface area contributed by atoms with Gasteiger partial charge < -0.3 is 14.1 Å². The number of morpholine rings is 1. The zero-order valence-corrected chi connectivity index (χ0v) is 14.8. The highest BCUT2D eigenvalue weighted by molar-refractivity contribution is 6.33. The van der Waals surface area contributed by atoms with Crippen LogP contribution in [0.4, 0.5) is 0 Å². The lowest BCUT2D eigenvalue weighted by atomic mass is 10.1. The predicted molar refractivity (Wildman–Crippen MR) is 92.0 cm³/mol. The van der Waals surface area contributed by atoms with Crippen LogP contribution in [0.15, 0.2) is 28.7 Å². The standard InChI is InChI=1S/C18H21ClN2O3/c1-11-9-23-10-12(2)21(11)17(22)8-16-13(3)24-18(20-16)14-6-4-5-7-15(14)19/h4-7,11-12H,8-10H2,1-3H3. The number of amides is 1. The smallest absolute Gasteiger partial charge is 0.229 e. The number of nitrogens with zero attached hydrogens (tertiary/aromatic N) is 2. The summed E-state index contributed by atoms with van der Waals surface area (Å²) in [4.78, 5) is 19.1. The molecular formula is C18H21ClN2O3. The normalized spacial score (nSPS) is 21.1. The number of rotatable bonds is 3. The van der Waals surface area contributed by atoms with E-state index in [0.717, 1.165) is 5.56 Å². The topological polar surface area (TPSA) is 55.6 Å². The van der Waals surface area contributed by atoms with Crippen LogP contribution >= 0.6 is 11.6 Å². The van der Waals surface area contributed by atoms with E-state index in [9.17, 15) is 4.79 Å². The number of aryl methyl sites for hydroxylation is 1. The summed E-state index contributed by atoms with van der Waals surface area (Å²) in [7, 11) is 0. The van der Waals surface area contributed by atoms with Gasteiger partial charge in [-0.25, -0.2) is 4.98 Å². The number of ether oxygens (including phenoxy) is 1. The quantitative estimate of drug-likeness (QED) is 0.852. The molecule has 3 rings (SSSR count). The van der Waals surface area contributed by atoms with Crippen molar-refractivity contribution >= 4 is 17.5 Å². The second-order valence-corrected chi connectivity index (χ2v) is 6.62. The van der Waals surface area contributed by atoms with Crippen LogP contribution in [0, 0.1) is 6.92 Å². The molecule has 1 saturated heterocycles. The van der Waals surface area contributed by atoms with Crippen molar-refractivity contribution in [2.24, 2.45) is 0 Å². The third-order valence-corrected chi connectivity index (χ3v) is 4.60. The number of hydrogen-bond acceptors (Lipinski definition) is 4. The minimum Gasteiger partial charge on any atom is -0.441 e. The highest BCUT2D eigenvalue weighted by Gasteiger charge is 2.30. The molecule has 6 heteroatoms. The SMILES string of the molecule is Cc1oc(-c2ccccc2Cl)nc1CC(=O)N1C(C)COCC1C. The molecule has 0 N–H and O–H groups in total. The summed E-state index contributed by atoms with van der Waals surface area (Å²) in [6.45, 7) is 6.95. The Balaban J connectivity index is 1.81. The fourth-order valence-corrected chi connectivity index (χ4v) is 3.29. The molecule has 2 unspecified atom stereocenters. The van der Waals surface area contributed by atoms with Gasteiger partial charge in [0.25, 0.3) is 0 Å². The van der Waals surface area contributed by atoms with Gasteiger partial charge in [-0.15, -0.1) is 0 Å². The van der Waals surface area contributed by atoms with Gasteiger partial charge in [0.05, 0.1) is 48.0 Å². The van der Waals surface area contributed by atoms with Crippen molar-refractivity contribution in [2.45, 2.75) is 39.3 Å². The summed E-state index contributed by atoms with van der Waals surface area (Å²) >= 11 is 6.20. The molecule has 0 radical (unpaired) electrons.